The number of benzene rings is 2. The second-order valence-corrected chi connectivity index (χ2v) is 9.49. The Labute approximate surface area is 194 Å². The standard InChI is InChI=1S/C28H31FN2O2/c29-24-8-2-7-23(20-24)28(12-17-33-18-13-28)27(32)31-15-4-5-21(11-16-31)19-22-6-1-10-26-25(22)9-3-14-30-26/h1-3,6-10,14,20-21H,4-5,11-13,15-19H2/t21-/m1/s1. The number of rotatable bonds is 4. The Morgan fingerprint density at radius 2 is 1.91 bits per heavy atom. The number of amides is 1. The van der Waals surface area contributed by atoms with Crippen molar-refractivity contribution >= 4 is 16.8 Å². The summed E-state index contributed by atoms with van der Waals surface area (Å²) in [5, 5.41) is 1.23. The number of ether oxygens (including phenoxy) is 1. The van der Waals surface area contributed by atoms with Gasteiger partial charge in [0.15, 0.2) is 0 Å². The van der Waals surface area contributed by atoms with Crippen molar-refractivity contribution in [2.24, 2.45) is 5.92 Å². The van der Waals surface area contributed by atoms with Crippen LogP contribution in [0.2, 0.25) is 0 Å². The SMILES string of the molecule is O=C(N1CCC[C@@H](Cc2cccc3ncccc23)CC1)C1(c2cccc(F)c2)CCOCC1. The van der Waals surface area contributed by atoms with Crippen molar-refractivity contribution in [1.29, 1.82) is 0 Å². The quantitative estimate of drug-likeness (QED) is 0.547. The van der Waals surface area contributed by atoms with Crippen molar-refractivity contribution in [2.45, 2.75) is 43.9 Å². The van der Waals surface area contributed by atoms with E-state index in [1.165, 1.54) is 17.0 Å². The van der Waals surface area contributed by atoms with E-state index >= 15 is 0 Å². The van der Waals surface area contributed by atoms with Crippen molar-refractivity contribution in [3.63, 3.8) is 0 Å². The topological polar surface area (TPSA) is 42.4 Å². The van der Waals surface area contributed by atoms with Gasteiger partial charge in [-0.3, -0.25) is 9.78 Å². The van der Waals surface area contributed by atoms with Gasteiger partial charge in [-0.15, -0.1) is 0 Å². The van der Waals surface area contributed by atoms with Crippen LogP contribution in [0.3, 0.4) is 0 Å². The van der Waals surface area contributed by atoms with Crippen LogP contribution in [0.4, 0.5) is 4.39 Å². The van der Waals surface area contributed by atoms with Gasteiger partial charge in [-0.25, -0.2) is 4.39 Å². The highest BCUT2D eigenvalue weighted by Gasteiger charge is 2.44. The number of nitrogens with zero attached hydrogens (tertiary/aromatic N) is 2. The molecule has 2 fully saturated rings. The first-order valence-electron chi connectivity index (χ1n) is 12.1. The van der Waals surface area contributed by atoms with E-state index in [9.17, 15) is 9.18 Å². The van der Waals surface area contributed by atoms with E-state index in [0.29, 0.717) is 32.0 Å². The summed E-state index contributed by atoms with van der Waals surface area (Å²) in [4.78, 5) is 20.5. The zero-order valence-electron chi connectivity index (χ0n) is 19.0. The fourth-order valence-electron chi connectivity index (χ4n) is 5.66. The maximum Gasteiger partial charge on any atom is 0.233 e. The number of pyridine rings is 1. The molecular weight excluding hydrogens is 415 g/mol. The lowest BCUT2D eigenvalue weighted by atomic mass is 9.73. The van der Waals surface area contributed by atoms with Crippen LogP contribution in [-0.2, 0) is 21.4 Å². The van der Waals surface area contributed by atoms with Crippen LogP contribution in [0.15, 0.2) is 60.8 Å². The molecule has 5 heteroatoms. The largest absolute Gasteiger partial charge is 0.381 e. The number of carbonyl (C=O) groups is 1. The summed E-state index contributed by atoms with van der Waals surface area (Å²) in [6, 6.07) is 17.1. The van der Waals surface area contributed by atoms with Crippen LogP contribution in [-0.4, -0.2) is 42.1 Å². The maximum absolute atomic E-state index is 14.1. The van der Waals surface area contributed by atoms with Crippen molar-refractivity contribution in [3.8, 4) is 0 Å². The van der Waals surface area contributed by atoms with Gasteiger partial charge in [-0.1, -0.05) is 30.3 Å². The van der Waals surface area contributed by atoms with E-state index in [-0.39, 0.29) is 11.7 Å². The summed E-state index contributed by atoms with van der Waals surface area (Å²) in [6.45, 7) is 2.59. The fourth-order valence-corrected chi connectivity index (χ4v) is 5.66. The molecule has 1 atom stereocenters. The molecule has 0 unspecified atom stereocenters. The van der Waals surface area contributed by atoms with E-state index in [2.05, 4.69) is 29.2 Å². The second-order valence-electron chi connectivity index (χ2n) is 9.49. The highest BCUT2D eigenvalue weighted by Crippen LogP contribution is 2.38. The van der Waals surface area contributed by atoms with Crippen LogP contribution < -0.4 is 0 Å². The Morgan fingerprint density at radius 3 is 2.76 bits per heavy atom. The molecule has 0 bridgehead atoms. The van der Waals surface area contributed by atoms with Gasteiger partial charge in [0.05, 0.1) is 10.9 Å². The number of carbonyl (C=O) groups excluding carboxylic acids is 1. The lowest BCUT2D eigenvalue weighted by molar-refractivity contribution is -0.141. The molecule has 2 aromatic carbocycles. The number of hydrogen-bond acceptors (Lipinski definition) is 3. The molecule has 0 aliphatic carbocycles. The molecular formula is C28H31FN2O2. The molecule has 33 heavy (non-hydrogen) atoms. The van der Waals surface area contributed by atoms with E-state index in [1.807, 2.05) is 23.2 Å². The molecule has 0 spiro atoms. The van der Waals surface area contributed by atoms with E-state index < -0.39 is 5.41 Å². The number of likely N-dealkylation sites (tertiary alicyclic amines) is 1. The minimum atomic E-state index is -0.679. The van der Waals surface area contributed by atoms with Crippen LogP contribution in [0.1, 0.15) is 43.2 Å². The second kappa shape index (κ2) is 9.60. The third kappa shape index (κ3) is 4.51. The highest BCUT2D eigenvalue weighted by molar-refractivity contribution is 5.88. The van der Waals surface area contributed by atoms with Crippen LogP contribution in [0.5, 0.6) is 0 Å². The molecule has 2 saturated heterocycles. The van der Waals surface area contributed by atoms with Crippen molar-refractivity contribution in [1.82, 2.24) is 9.88 Å². The van der Waals surface area contributed by atoms with Gasteiger partial charge in [0, 0.05) is 37.9 Å². The molecule has 3 aromatic rings. The van der Waals surface area contributed by atoms with Gasteiger partial charge in [-0.05, 0) is 79.8 Å². The Bertz CT molecular complexity index is 1120. The van der Waals surface area contributed by atoms with Crippen molar-refractivity contribution < 1.29 is 13.9 Å². The summed E-state index contributed by atoms with van der Waals surface area (Å²) < 4.78 is 19.7. The molecule has 3 heterocycles. The summed E-state index contributed by atoms with van der Waals surface area (Å²) in [7, 11) is 0. The van der Waals surface area contributed by atoms with Crippen molar-refractivity contribution in [2.75, 3.05) is 26.3 Å². The Kier molecular flexibility index (Phi) is 6.41. The monoisotopic (exact) mass is 446 g/mol. The van der Waals surface area contributed by atoms with E-state index in [4.69, 9.17) is 4.74 Å². The molecule has 0 radical (unpaired) electrons. The van der Waals surface area contributed by atoms with E-state index in [0.717, 1.165) is 49.9 Å². The third-order valence-electron chi connectivity index (χ3n) is 7.51. The normalized spacial score (nSPS) is 21.0. The van der Waals surface area contributed by atoms with Gasteiger partial charge >= 0.3 is 0 Å². The third-order valence-corrected chi connectivity index (χ3v) is 7.51. The fraction of sp³-hybridized carbons (Fsp3) is 0.429. The number of fused-ring (bicyclic) bond motifs is 1. The average Bonchev–Trinajstić information content (AvgIpc) is 3.10. The first-order valence-corrected chi connectivity index (χ1v) is 12.1. The predicted molar refractivity (Wildman–Crippen MR) is 127 cm³/mol. The van der Waals surface area contributed by atoms with Gasteiger partial charge < -0.3 is 9.64 Å². The first kappa shape index (κ1) is 22.0. The summed E-state index contributed by atoms with van der Waals surface area (Å²) in [5.74, 6) is 0.395. The van der Waals surface area contributed by atoms with Gasteiger partial charge in [-0.2, -0.15) is 0 Å². The molecule has 2 aliphatic heterocycles. The summed E-state index contributed by atoms with van der Waals surface area (Å²) in [6.07, 6.45) is 7.15. The van der Waals surface area contributed by atoms with Gasteiger partial charge in [0.25, 0.3) is 0 Å². The zero-order valence-corrected chi connectivity index (χ0v) is 19.0. The van der Waals surface area contributed by atoms with E-state index in [1.54, 1.807) is 12.1 Å². The lowest BCUT2D eigenvalue weighted by Gasteiger charge is -2.40. The first-order chi connectivity index (χ1) is 16.2. The highest BCUT2D eigenvalue weighted by atomic mass is 19.1. The van der Waals surface area contributed by atoms with Crippen LogP contribution >= 0.6 is 0 Å². The van der Waals surface area contributed by atoms with Crippen molar-refractivity contribution in [3.05, 3.63) is 77.7 Å². The average molecular weight is 447 g/mol. The minimum absolute atomic E-state index is 0.145. The molecule has 4 nitrogen and oxygen atoms in total. The minimum Gasteiger partial charge on any atom is -0.381 e. The van der Waals surface area contributed by atoms with Gasteiger partial charge in [0.1, 0.15) is 5.82 Å². The maximum atomic E-state index is 14.1. The molecule has 5 rings (SSSR count). The zero-order chi connectivity index (χ0) is 22.7. The molecule has 2 aliphatic rings. The number of hydrogen-bond donors (Lipinski definition) is 0. The molecule has 0 N–H and O–H groups in total. The number of halogens is 1. The molecule has 1 aromatic heterocycles. The lowest BCUT2D eigenvalue weighted by Crippen LogP contribution is -2.50. The predicted octanol–water partition coefficient (Wildman–Crippen LogP) is 5.29. The Morgan fingerprint density at radius 1 is 1.06 bits per heavy atom. The van der Waals surface area contributed by atoms with Crippen LogP contribution in [0.25, 0.3) is 10.9 Å². The summed E-state index contributed by atoms with van der Waals surface area (Å²) >= 11 is 0. The van der Waals surface area contributed by atoms with Crippen LogP contribution in [0, 0.1) is 11.7 Å². The summed E-state index contributed by atoms with van der Waals surface area (Å²) in [5.41, 5.74) is 2.49. The Balaban J connectivity index is 1.33. The molecule has 172 valence electrons. The Hall–Kier alpha value is -2.79. The smallest absolute Gasteiger partial charge is 0.233 e. The van der Waals surface area contributed by atoms with Gasteiger partial charge in [0.2, 0.25) is 5.91 Å². The molecule has 1 amide bonds. The number of aromatic nitrogens is 1. The molecule has 0 saturated carbocycles.